The molecule has 0 fully saturated rings. The lowest BCUT2D eigenvalue weighted by Crippen LogP contribution is -2.02. The fourth-order valence-electron chi connectivity index (χ4n) is 2.21. The van der Waals surface area contributed by atoms with Crippen LogP contribution in [0.2, 0.25) is 0 Å². The molecule has 0 aliphatic carbocycles. The molecule has 0 bridgehead atoms. The fraction of sp³-hybridized carbons (Fsp3) is 0.286. The van der Waals surface area contributed by atoms with Crippen molar-refractivity contribution in [1.82, 2.24) is 4.57 Å². The molecule has 16 heavy (non-hydrogen) atoms. The normalized spacial score (nSPS) is 10.8. The van der Waals surface area contributed by atoms with Gasteiger partial charge in [-0.1, -0.05) is 6.07 Å². The molecule has 0 unspecified atom stereocenters. The first-order valence-electron chi connectivity index (χ1n) is 5.43. The summed E-state index contributed by atoms with van der Waals surface area (Å²) >= 11 is 3.67. The lowest BCUT2D eigenvalue weighted by atomic mass is 10.1. The van der Waals surface area contributed by atoms with E-state index in [1.807, 2.05) is 0 Å². The van der Waals surface area contributed by atoms with Crippen LogP contribution >= 0.6 is 15.9 Å². The summed E-state index contributed by atoms with van der Waals surface area (Å²) in [6, 6.07) is 8.70. The van der Waals surface area contributed by atoms with E-state index in [9.17, 15) is 0 Å². The third kappa shape index (κ3) is 1.82. The maximum absolute atomic E-state index is 3.67. The average molecular weight is 278 g/mol. The van der Waals surface area contributed by atoms with Crippen LogP contribution in [0.25, 0.3) is 5.69 Å². The fourth-order valence-corrected chi connectivity index (χ4v) is 3.06. The molecule has 2 aromatic rings. The molecule has 0 saturated heterocycles. The minimum absolute atomic E-state index is 1.16. The molecule has 1 aromatic carbocycles. The van der Waals surface area contributed by atoms with Gasteiger partial charge >= 0.3 is 0 Å². The molecule has 0 aliphatic rings. The second-order valence-corrected chi connectivity index (χ2v) is 5.22. The molecule has 1 heterocycles. The third-order valence-corrected chi connectivity index (χ3v) is 3.50. The van der Waals surface area contributed by atoms with E-state index in [0.717, 1.165) is 4.47 Å². The predicted octanol–water partition coefficient (Wildman–Crippen LogP) is 4.47. The van der Waals surface area contributed by atoms with Crippen LogP contribution in [-0.2, 0) is 0 Å². The van der Waals surface area contributed by atoms with Crippen LogP contribution in [0.3, 0.4) is 0 Å². The zero-order valence-corrected chi connectivity index (χ0v) is 11.7. The van der Waals surface area contributed by atoms with Gasteiger partial charge in [-0.05, 0) is 73.0 Å². The molecule has 0 aliphatic heterocycles. The van der Waals surface area contributed by atoms with E-state index >= 15 is 0 Å². The van der Waals surface area contributed by atoms with E-state index in [4.69, 9.17) is 0 Å². The Morgan fingerprint density at radius 1 is 0.938 bits per heavy atom. The molecule has 0 spiro atoms. The SMILES string of the molecule is Cc1cc(C)c(-n2c(C)ccc2C)c(Br)c1. The maximum atomic E-state index is 3.67. The largest absolute Gasteiger partial charge is 0.317 e. The highest BCUT2D eigenvalue weighted by molar-refractivity contribution is 9.10. The van der Waals surface area contributed by atoms with Crippen LogP contribution in [0, 0.1) is 27.7 Å². The zero-order valence-electron chi connectivity index (χ0n) is 10.1. The van der Waals surface area contributed by atoms with Gasteiger partial charge in [0, 0.05) is 15.9 Å². The highest BCUT2D eigenvalue weighted by Gasteiger charge is 2.10. The number of aromatic nitrogens is 1. The molecule has 0 N–H and O–H groups in total. The molecule has 2 rings (SSSR count). The summed E-state index contributed by atoms with van der Waals surface area (Å²) in [5, 5.41) is 0. The Balaban J connectivity index is 2.74. The van der Waals surface area contributed by atoms with Crippen LogP contribution in [0.1, 0.15) is 22.5 Å². The molecule has 1 nitrogen and oxygen atoms in total. The van der Waals surface area contributed by atoms with Gasteiger partial charge in [-0.25, -0.2) is 0 Å². The smallest absolute Gasteiger partial charge is 0.0626 e. The number of rotatable bonds is 1. The lowest BCUT2D eigenvalue weighted by molar-refractivity contribution is 0.948. The monoisotopic (exact) mass is 277 g/mol. The van der Waals surface area contributed by atoms with Gasteiger partial charge in [0.05, 0.1) is 5.69 Å². The summed E-state index contributed by atoms with van der Waals surface area (Å²) in [7, 11) is 0. The van der Waals surface area contributed by atoms with Crippen LogP contribution in [0.4, 0.5) is 0 Å². The van der Waals surface area contributed by atoms with Gasteiger partial charge in [-0.15, -0.1) is 0 Å². The summed E-state index contributed by atoms with van der Waals surface area (Å²) in [6.45, 7) is 8.56. The standard InChI is InChI=1S/C14H16BrN/c1-9-7-10(2)14(13(15)8-9)16-11(3)5-6-12(16)4/h5-8H,1-4H3. The minimum Gasteiger partial charge on any atom is -0.317 e. The van der Waals surface area contributed by atoms with E-state index in [2.05, 4.69) is 72.5 Å². The van der Waals surface area contributed by atoms with Crippen molar-refractivity contribution < 1.29 is 0 Å². The number of benzene rings is 1. The van der Waals surface area contributed by atoms with Gasteiger partial charge < -0.3 is 4.57 Å². The zero-order chi connectivity index (χ0) is 11.9. The van der Waals surface area contributed by atoms with Crippen molar-refractivity contribution in [2.24, 2.45) is 0 Å². The molecule has 0 radical (unpaired) electrons. The first-order chi connectivity index (χ1) is 7.50. The van der Waals surface area contributed by atoms with Crippen molar-refractivity contribution >= 4 is 15.9 Å². The Labute approximate surface area is 105 Å². The van der Waals surface area contributed by atoms with Crippen molar-refractivity contribution in [3.05, 3.63) is 51.3 Å². The highest BCUT2D eigenvalue weighted by atomic mass is 79.9. The van der Waals surface area contributed by atoms with Crippen LogP contribution in [-0.4, -0.2) is 4.57 Å². The Hall–Kier alpha value is -1.02. The molecular formula is C14H16BrN. The quantitative estimate of drug-likeness (QED) is 0.725. The van der Waals surface area contributed by atoms with E-state index in [-0.39, 0.29) is 0 Å². The maximum Gasteiger partial charge on any atom is 0.0626 e. The predicted molar refractivity (Wildman–Crippen MR) is 72.4 cm³/mol. The topological polar surface area (TPSA) is 4.93 Å². The summed E-state index contributed by atoms with van der Waals surface area (Å²) in [5.41, 5.74) is 6.38. The number of nitrogens with zero attached hydrogens (tertiary/aromatic N) is 1. The lowest BCUT2D eigenvalue weighted by Gasteiger charge is -2.15. The Bertz CT molecular complexity index is 495. The number of hydrogen-bond donors (Lipinski definition) is 0. The first-order valence-corrected chi connectivity index (χ1v) is 6.22. The van der Waals surface area contributed by atoms with Gasteiger partial charge in [0.15, 0.2) is 0 Å². The van der Waals surface area contributed by atoms with Crippen molar-refractivity contribution in [1.29, 1.82) is 0 Å². The molecule has 1 aromatic heterocycles. The van der Waals surface area contributed by atoms with Crippen molar-refractivity contribution in [2.75, 3.05) is 0 Å². The van der Waals surface area contributed by atoms with Gasteiger partial charge in [0.25, 0.3) is 0 Å². The molecule has 0 amide bonds. The molecule has 0 atom stereocenters. The van der Waals surface area contributed by atoms with Gasteiger partial charge in [0.1, 0.15) is 0 Å². The average Bonchev–Trinajstić information content (AvgIpc) is 2.47. The minimum atomic E-state index is 1.16. The van der Waals surface area contributed by atoms with Crippen molar-refractivity contribution in [2.45, 2.75) is 27.7 Å². The Morgan fingerprint density at radius 2 is 1.50 bits per heavy atom. The van der Waals surface area contributed by atoms with E-state index in [0.29, 0.717) is 0 Å². The summed E-state index contributed by atoms with van der Waals surface area (Å²) in [6.07, 6.45) is 0. The number of halogens is 1. The van der Waals surface area contributed by atoms with Gasteiger partial charge in [-0.3, -0.25) is 0 Å². The molecule has 2 heteroatoms. The summed E-state index contributed by atoms with van der Waals surface area (Å²) in [5.74, 6) is 0. The molecular weight excluding hydrogens is 262 g/mol. The summed E-state index contributed by atoms with van der Waals surface area (Å²) < 4.78 is 3.45. The van der Waals surface area contributed by atoms with Gasteiger partial charge in [0.2, 0.25) is 0 Å². The summed E-state index contributed by atoms with van der Waals surface area (Å²) in [4.78, 5) is 0. The Kier molecular flexibility index (Phi) is 2.94. The highest BCUT2D eigenvalue weighted by Crippen LogP contribution is 2.29. The number of aryl methyl sites for hydroxylation is 4. The van der Waals surface area contributed by atoms with E-state index < -0.39 is 0 Å². The molecule has 84 valence electrons. The Morgan fingerprint density at radius 3 is 2.00 bits per heavy atom. The van der Waals surface area contributed by atoms with Crippen molar-refractivity contribution in [3.8, 4) is 5.69 Å². The van der Waals surface area contributed by atoms with E-state index in [1.165, 1.54) is 28.2 Å². The molecule has 0 saturated carbocycles. The second-order valence-electron chi connectivity index (χ2n) is 4.36. The first kappa shape index (κ1) is 11.5. The second kappa shape index (κ2) is 4.10. The number of hydrogen-bond acceptors (Lipinski definition) is 0. The van der Waals surface area contributed by atoms with Crippen LogP contribution in [0.15, 0.2) is 28.7 Å². The van der Waals surface area contributed by atoms with Crippen LogP contribution in [0.5, 0.6) is 0 Å². The van der Waals surface area contributed by atoms with Crippen molar-refractivity contribution in [3.63, 3.8) is 0 Å². The van der Waals surface area contributed by atoms with Gasteiger partial charge in [-0.2, -0.15) is 0 Å². The van der Waals surface area contributed by atoms with Crippen LogP contribution < -0.4 is 0 Å². The van der Waals surface area contributed by atoms with E-state index in [1.54, 1.807) is 0 Å². The third-order valence-electron chi connectivity index (χ3n) is 2.89.